The van der Waals surface area contributed by atoms with Gasteiger partial charge in [-0.05, 0) is 37.9 Å². The van der Waals surface area contributed by atoms with E-state index in [-0.39, 0.29) is 0 Å². The van der Waals surface area contributed by atoms with Crippen molar-refractivity contribution in [1.29, 1.82) is 0 Å². The Morgan fingerprint density at radius 3 is 2.74 bits per heavy atom. The Morgan fingerprint density at radius 2 is 2.05 bits per heavy atom. The van der Waals surface area contributed by atoms with Crippen molar-refractivity contribution in [3.63, 3.8) is 0 Å². The standard InChI is InChI=1S/C16H21N.C2H6/c1-4-5-6-7-16-15-9-8-13(2)12-14(15)10-11-17(16)3;1-2/h8-9,12,16H,4-5,10-11H2,1-3H3;1-2H3. The van der Waals surface area contributed by atoms with Crippen LogP contribution in [-0.4, -0.2) is 18.5 Å². The maximum atomic E-state index is 3.42. The van der Waals surface area contributed by atoms with Gasteiger partial charge in [0.2, 0.25) is 0 Å². The predicted octanol–water partition coefficient (Wildman–Crippen LogP) is 4.35. The summed E-state index contributed by atoms with van der Waals surface area (Å²) in [5.41, 5.74) is 4.25. The van der Waals surface area contributed by atoms with E-state index < -0.39 is 0 Å². The number of nitrogens with zero attached hydrogens (tertiary/aromatic N) is 1. The van der Waals surface area contributed by atoms with Crippen LogP contribution in [0.3, 0.4) is 0 Å². The zero-order valence-electron chi connectivity index (χ0n) is 13.1. The van der Waals surface area contributed by atoms with E-state index in [2.05, 4.69) is 55.8 Å². The van der Waals surface area contributed by atoms with Gasteiger partial charge in [-0.1, -0.05) is 50.5 Å². The number of benzene rings is 1. The SMILES string of the molecule is CC.CCCC#CC1c2ccc(C)cc2CCN1C. The van der Waals surface area contributed by atoms with Gasteiger partial charge in [-0.25, -0.2) is 0 Å². The molecule has 0 aromatic heterocycles. The topological polar surface area (TPSA) is 3.24 Å². The van der Waals surface area contributed by atoms with Crippen molar-refractivity contribution in [1.82, 2.24) is 4.90 Å². The molecule has 0 N–H and O–H groups in total. The Balaban J connectivity index is 0.000000861. The predicted molar refractivity (Wildman–Crippen MR) is 84.3 cm³/mol. The molecule has 0 saturated heterocycles. The molecule has 0 amide bonds. The number of likely N-dealkylation sites (N-methyl/N-ethyl adjacent to an activating group) is 1. The molecule has 0 aliphatic carbocycles. The third-order valence-corrected chi connectivity index (χ3v) is 3.38. The van der Waals surface area contributed by atoms with Crippen LogP contribution in [0.5, 0.6) is 0 Å². The van der Waals surface area contributed by atoms with Gasteiger partial charge < -0.3 is 0 Å². The first kappa shape index (κ1) is 15.8. The first-order valence-electron chi connectivity index (χ1n) is 7.50. The number of unbranched alkanes of at least 4 members (excludes halogenated alkanes) is 1. The summed E-state index contributed by atoms with van der Waals surface area (Å²) < 4.78 is 0. The molecule has 2 rings (SSSR count). The van der Waals surface area contributed by atoms with Crippen LogP contribution in [0.2, 0.25) is 0 Å². The number of aryl methyl sites for hydroxylation is 1. The summed E-state index contributed by atoms with van der Waals surface area (Å²) >= 11 is 0. The van der Waals surface area contributed by atoms with Gasteiger partial charge in [-0.3, -0.25) is 4.90 Å². The molecule has 1 aliphatic heterocycles. The molecule has 1 heteroatoms. The summed E-state index contributed by atoms with van der Waals surface area (Å²) in [5, 5.41) is 0. The van der Waals surface area contributed by atoms with Crippen LogP contribution in [0.1, 0.15) is 56.3 Å². The van der Waals surface area contributed by atoms with Crippen molar-refractivity contribution in [2.24, 2.45) is 0 Å². The van der Waals surface area contributed by atoms with Crippen LogP contribution in [0.15, 0.2) is 18.2 Å². The van der Waals surface area contributed by atoms with E-state index in [1.54, 1.807) is 0 Å². The molecule has 1 nitrogen and oxygen atoms in total. The summed E-state index contributed by atoms with van der Waals surface area (Å²) in [4.78, 5) is 2.36. The Bertz CT molecular complexity index is 450. The normalized spacial score (nSPS) is 17.6. The van der Waals surface area contributed by atoms with Crippen LogP contribution < -0.4 is 0 Å². The van der Waals surface area contributed by atoms with Crippen molar-refractivity contribution >= 4 is 0 Å². The molecular weight excluding hydrogens is 230 g/mol. The molecule has 1 atom stereocenters. The average Bonchev–Trinajstić information content (AvgIpc) is 2.44. The Hall–Kier alpha value is -1.26. The first-order chi connectivity index (χ1) is 9.22. The Labute approximate surface area is 119 Å². The van der Waals surface area contributed by atoms with E-state index in [1.165, 1.54) is 16.7 Å². The highest BCUT2D eigenvalue weighted by molar-refractivity contribution is 5.39. The molecule has 1 aromatic rings. The maximum Gasteiger partial charge on any atom is 0.0971 e. The lowest BCUT2D eigenvalue weighted by Crippen LogP contribution is -2.31. The summed E-state index contributed by atoms with van der Waals surface area (Å²) in [7, 11) is 2.17. The molecule has 0 fully saturated rings. The fourth-order valence-corrected chi connectivity index (χ4v) is 2.36. The fourth-order valence-electron chi connectivity index (χ4n) is 2.36. The first-order valence-corrected chi connectivity index (χ1v) is 7.50. The van der Waals surface area contributed by atoms with Crippen LogP contribution in [0, 0.1) is 18.8 Å². The van der Waals surface area contributed by atoms with Crippen LogP contribution in [-0.2, 0) is 6.42 Å². The van der Waals surface area contributed by atoms with Crippen molar-refractivity contribution < 1.29 is 0 Å². The lowest BCUT2D eigenvalue weighted by atomic mass is 9.92. The molecule has 1 aliphatic rings. The van der Waals surface area contributed by atoms with Crippen molar-refractivity contribution in [2.75, 3.05) is 13.6 Å². The zero-order valence-corrected chi connectivity index (χ0v) is 13.1. The van der Waals surface area contributed by atoms with Gasteiger partial charge in [0, 0.05) is 13.0 Å². The molecular formula is C18H27N. The minimum absolute atomic E-state index is 0.297. The van der Waals surface area contributed by atoms with Gasteiger partial charge in [-0.15, -0.1) is 5.92 Å². The molecule has 0 bridgehead atoms. The van der Waals surface area contributed by atoms with Crippen molar-refractivity contribution in [2.45, 2.75) is 53.0 Å². The molecule has 19 heavy (non-hydrogen) atoms. The molecule has 0 radical (unpaired) electrons. The smallest absolute Gasteiger partial charge is 0.0971 e. The lowest BCUT2D eigenvalue weighted by Gasteiger charge is -2.31. The van der Waals surface area contributed by atoms with Crippen LogP contribution >= 0.6 is 0 Å². The molecule has 1 aromatic carbocycles. The van der Waals surface area contributed by atoms with Crippen molar-refractivity contribution in [3.8, 4) is 11.8 Å². The number of rotatable bonds is 1. The number of fused-ring (bicyclic) bond motifs is 1. The highest BCUT2D eigenvalue weighted by atomic mass is 15.1. The van der Waals surface area contributed by atoms with Gasteiger partial charge in [0.05, 0.1) is 6.04 Å². The average molecular weight is 257 g/mol. The van der Waals surface area contributed by atoms with Crippen molar-refractivity contribution in [3.05, 3.63) is 34.9 Å². The minimum Gasteiger partial charge on any atom is -0.289 e. The maximum absolute atomic E-state index is 3.42. The number of hydrogen-bond donors (Lipinski definition) is 0. The second-order valence-electron chi connectivity index (χ2n) is 4.91. The van der Waals surface area contributed by atoms with E-state index >= 15 is 0 Å². The molecule has 0 spiro atoms. The van der Waals surface area contributed by atoms with Crippen LogP contribution in [0.4, 0.5) is 0 Å². The minimum atomic E-state index is 0.297. The lowest BCUT2D eigenvalue weighted by molar-refractivity contribution is 0.279. The van der Waals surface area contributed by atoms with E-state index in [1.807, 2.05) is 13.8 Å². The van der Waals surface area contributed by atoms with E-state index in [9.17, 15) is 0 Å². The van der Waals surface area contributed by atoms with Gasteiger partial charge in [0.25, 0.3) is 0 Å². The molecule has 1 heterocycles. The highest BCUT2D eigenvalue weighted by Crippen LogP contribution is 2.28. The molecule has 0 saturated carbocycles. The van der Waals surface area contributed by atoms with E-state index in [0.717, 1.165) is 25.8 Å². The second kappa shape index (κ2) is 8.02. The van der Waals surface area contributed by atoms with Gasteiger partial charge in [-0.2, -0.15) is 0 Å². The zero-order chi connectivity index (χ0) is 14.3. The number of hydrogen-bond acceptors (Lipinski definition) is 1. The summed E-state index contributed by atoms with van der Waals surface area (Å²) in [5.74, 6) is 6.72. The second-order valence-corrected chi connectivity index (χ2v) is 4.91. The third-order valence-electron chi connectivity index (χ3n) is 3.38. The Kier molecular flexibility index (Phi) is 6.67. The van der Waals surface area contributed by atoms with E-state index in [0.29, 0.717) is 6.04 Å². The Morgan fingerprint density at radius 1 is 1.32 bits per heavy atom. The van der Waals surface area contributed by atoms with E-state index in [4.69, 9.17) is 0 Å². The quantitative estimate of drug-likeness (QED) is 0.676. The highest BCUT2D eigenvalue weighted by Gasteiger charge is 2.22. The monoisotopic (exact) mass is 257 g/mol. The summed E-state index contributed by atoms with van der Waals surface area (Å²) in [6.45, 7) is 9.45. The molecule has 104 valence electrons. The summed E-state index contributed by atoms with van der Waals surface area (Å²) in [6.07, 6.45) is 3.30. The fraction of sp³-hybridized carbons (Fsp3) is 0.556. The molecule has 1 unspecified atom stereocenters. The summed E-state index contributed by atoms with van der Waals surface area (Å²) in [6, 6.07) is 7.07. The van der Waals surface area contributed by atoms with Gasteiger partial charge >= 0.3 is 0 Å². The van der Waals surface area contributed by atoms with Gasteiger partial charge in [0.1, 0.15) is 0 Å². The third kappa shape index (κ3) is 4.11. The van der Waals surface area contributed by atoms with Crippen LogP contribution in [0.25, 0.3) is 0 Å². The largest absolute Gasteiger partial charge is 0.289 e. The van der Waals surface area contributed by atoms with Gasteiger partial charge in [0.15, 0.2) is 0 Å².